The summed E-state index contributed by atoms with van der Waals surface area (Å²) in [6.45, 7) is 5.88. The van der Waals surface area contributed by atoms with Crippen molar-refractivity contribution in [2.75, 3.05) is 19.3 Å². The Morgan fingerprint density at radius 2 is 1.94 bits per heavy atom. The molecule has 0 aromatic carbocycles. The topological polar surface area (TPSA) is 89.3 Å². The van der Waals surface area contributed by atoms with E-state index in [-0.39, 0.29) is 12.5 Å². The van der Waals surface area contributed by atoms with Crippen LogP contribution in [0, 0.1) is 5.92 Å². The van der Waals surface area contributed by atoms with Crippen LogP contribution in [0.2, 0.25) is 0 Å². The fourth-order valence-corrected chi connectivity index (χ4v) is 1.36. The van der Waals surface area contributed by atoms with Gasteiger partial charge in [0.25, 0.3) is 0 Å². The fourth-order valence-electron chi connectivity index (χ4n) is 1.03. The van der Waals surface area contributed by atoms with Crippen LogP contribution in [0.4, 0.5) is 0 Å². The smallest absolute Gasteiger partial charge is 0.220 e. The van der Waals surface area contributed by atoms with Crippen molar-refractivity contribution in [3.63, 3.8) is 0 Å². The quantitative estimate of drug-likeness (QED) is 0.692. The van der Waals surface area contributed by atoms with Crippen molar-refractivity contribution in [2.24, 2.45) is 11.7 Å². The summed E-state index contributed by atoms with van der Waals surface area (Å²) in [6, 6.07) is 0. The van der Waals surface area contributed by atoms with E-state index in [1.165, 1.54) is 6.26 Å². The Labute approximate surface area is 104 Å². The molecule has 0 saturated carbocycles. The van der Waals surface area contributed by atoms with Crippen LogP contribution in [0.1, 0.15) is 33.6 Å². The van der Waals surface area contributed by atoms with Crippen LogP contribution >= 0.6 is 0 Å². The second-order valence-electron chi connectivity index (χ2n) is 5.19. The minimum Gasteiger partial charge on any atom is -0.355 e. The van der Waals surface area contributed by atoms with E-state index in [4.69, 9.17) is 5.73 Å². The predicted octanol–water partition coefficient (Wildman–Crippen LogP) is 0.301. The fraction of sp³-hybridized carbons (Fsp3) is 0.909. The first kappa shape index (κ1) is 16.4. The summed E-state index contributed by atoms with van der Waals surface area (Å²) in [4.78, 5) is 11.5. The van der Waals surface area contributed by atoms with Gasteiger partial charge in [-0.05, 0) is 32.7 Å². The molecule has 0 aromatic heterocycles. The van der Waals surface area contributed by atoms with Crippen LogP contribution in [0.15, 0.2) is 0 Å². The molecule has 0 aliphatic heterocycles. The lowest BCUT2D eigenvalue weighted by atomic mass is 10.1. The van der Waals surface area contributed by atoms with E-state index >= 15 is 0 Å². The number of carbonyl (C=O) groups excluding carboxylic acids is 1. The van der Waals surface area contributed by atoms with Crippen LogP contribution in [0.5, 0.6) is 0 Å². The van der Waals surface area contributed by atoms with Gasteiger partial charge in [0.15, 0.2) is 9.84 Å². The van der Waals surface area contributed by atoms with E-state index in [2.05, 4.69) is 5.32 Å². The van der Waals surface area contributed by atoms with Crippen molar-refractivity contribution in [3.05, 3.63) is 0 Å². The number of nitrogens with two attached hydrogens (primary N) is 1. The summed E-state index contributed by atoms with van der Waals surface area (Å²) in [5, 5.41) is 2.65. The highest BCUT2D eigenvalue weighted by Gasteiger charge is 2.30. The van der Waals surface area contributed by atoms with Crippen LogP contribution in [-0.4, -0.2) is 38.4 Å². The zero-order chi connectivity index (χ0) is 13.7. The molecule has 3 N–H and O–H groups in total. The third-order valence-electron chi connectivity index (χ3n) is 2.98. The maximum absolute atomic E-state index is 11.5. The van der Waals surface area contributed by atoms with Crippen molar-refractivity contribution in [1.82, 2.24) is 5.32 Å². The van der Waals surface area contributed by atoms with E-state index in [1.807, 2.05) is 6.92 Å². The Morgan fingerprint density at radius 3 is 2.35 bits per heavy atom. The average molecular weight is 264 g/mol. The number of nitrogens with one attached hydrogen (secondary N) is 1. The number of hydrogen-bond acceptors (Lipinski definition) is 4. The van der Waals surface area contributed by atoms with Gasteiger partial charge in [-0.1, -0.05) is 6.92 Å². The Morgan fingerprint density at radius 1 is 1.41 bits per heavy atom. The van der Waals surface area contributed by atoms with Gasteiger partial charge < -0.3 is 11.1 Å². The highest BCUT2D eigenvalue weighted by atomic mass is 32.2. The molecule has 0 fully saturated rings. The number of rotatable bonds is 7. The standard InChI is InChI=1S/C11H24N2O3S/c1-9(7-12)5-6-10(14)13-8-11(2,3)17(4,15)16/h9H,5-8,12H2,1-4H3,(H,13,14). The van der Waals surface area contributed by atoms with Gasteiger partial charge in [0.2, 0.25) is 5.91 Å². The molecular formula is C11H24N2O3S. The normalized spacial score (nSPS) is 14.4. The van der Waals surface area contributed by atoms with Crippen molar-refractivity contribution >= 4 is 15.7 Å². The minimum absolute atomic E-state index is 0.123. The molecular weight excluding hydrogens is 240 g/mol. The largest absolute Gasteiger partial charge is 0.355 e. The molecule has 6 heteroatoms. The molecule has 1 amide bonds. The lowest BCUT2D eigenvalue weighted by Gasteiger charge is -2.22. The van der Waals surface area contributed by atoms with E-state index in [9.17, 15) is 13.2 Å². The van der Waals surface area contributed by atoms with Crippen LogP contribution in [0.25, 0.3) is 0 Å². The van der Waals surface area contributed by atoms with Gasteiger partial charge >= 0.3 is 0 Å². The summed E-state index contributed by atoms with van der Waals surface area (Å²) in [6.07, 6.45) is 2.29. The third-order valence-corrected chi connectivity index (χ3v) is 5.13. The van der Waals surface area contributed by atoms with Crippen molar-refractivity contribution in [2.45, 2.75) is 38.4 Å². The molecule has 0 heterocycles. The molecule has 1 atom stereocenters. The highest BCUT2D eigenvalue weighted by molar-refractivity contribution is 7.92. The van der Waals surface area contributed by atoms with Crippen LogP contribution < -0.4 is 11.1 Å². The van der Waals surface area contributed by atoms with E-state index in [1.54, 1.807) is 13.8 Å². The highest BCUT2D eigenvalue weighted by Crippen LogP contribution is 2.13. The third kappa shape index (κ3) is 6.02. The first-order valence-electron chi connectivity index (χ1n) is 5.76. The van der Waals surface area contributed by atoms with Gasteiger partial charge in [0.1, 0.15) is 0 Å². The van der Waals surface area contributed by atoms with Gasteiger partial charge in [-0.2, -0.15) is 0 Å². The monoisotopic (exact) mass is 264 g/mol. The summed E-state index contributed by atoms with van der Waals surface area (Å²) < 4.78 is 21.9. The van der Waals surface area contributed by atoms with Crippen molar-refractivity contribution in [3.8, 4) is 0 Å². The van der Waals surface area contributed by atoms with E-state index < -0.39 is 14.6 Å². The lowest BCUT2D eigenvalue weighted by Crippen LogP contribution is -2.43. The molecule has 5 nitrogen and oxygen atoms in total. The zero-order valence-electron chi connectivity index (χ0n) is 11.1. The van der Waals surface area contributed by atoms with E-state index in [0.717, 1.165) is 6.42 Å². The molecule has 0 aliphatic rings. The summed E-state index contributed by atoms with van der Waals surface area (Å²) in [5.74, 6) is 0.186. The van der Waals surface area contributed by atoms with Gasteiger partial charge in [-0.3, -0.25) is 4.79 Å². The van der Waals surface area contributed by atoms with Gasteiger partial charge in [-0.25, -0.2) is 8.42 Å². The second-order valence-corrected chi connectivity index (χ2v) is 7.84. The molecule has 0 rings (SSSR count). The zero-order valence-corrected chi connectivity index (χ0v) is 11.9. The van der Waals surface area contributed by atoms with Crippen molar-refractivity contribution < 1.29 is 13.2 Å². The first-order chi connectivity index (χ1) is 7.60. The first-order valence-corrected chi connectivity index (χ1v) is 7.65. The molecule has 0 bridgehead atoms. The molecule has 0 saturated heterocycles. The second kappa shape index (κ2) is 6.35. The Hall–Kier alpha value is -0.620. The van der Waals surface area contributed by atoms with Gasteiger partial charge in [0, 0.05) is 19.2 Å². The molecule has 0 radical (unpaired) electrons. The predicted molar refractivity (Wildman–Crippen MR) is 69.4 cm³/mol. The number of amides is 1. The maximum atomic E-state index is 11.5. The molecule has 1 unspecified atom stereocenters. The summed E-state index contributed by atoms with van der Waals surface area (Å²) >= 11 is 0. The van der Waals surface area contributed by atoms with Gasteiger partial charge in [-0.15, -0.1) is 0 Å². The summed E-state index contributed by atoms with van der Waals surface area (Å²) in [7, 11) is -3.17. The Balaban J connectivity index is 4.09. The van der Waals surface area contributed by atoms with Gasteiger partial charge in [0.05, 0.1) is 4.75 Å². The SMILES string of the molecule is CC(CN)CCC(=O)NCC(C)(C)S(C)(=O)=O. The molecule has 0 aliphatic carbocycles. The Kier molecular flexibility index (Phi) is 6.12. The minimum atomic E-state index is -3.17. The number of sulfone groups is 1. The number of carbonyl (C=O) groups is 1. The number of hydrogen-bond donors (Lipinski definition) is 2. The van der Waals surface area contributed by atoms with Crippen LogP contribution in [0.3, 0.4) is 0 Å². The lowest BCUT2D eigenvalue weighted by molar-refractivity contribution is -0.121. The van der Waals surface area contributed by atoms with Crippen LogP contribution in [-0.2, 0) is 14.6 Å². The molecule has 102 valence electrons. The average Bonchev–Trinajstić information content (AvgIpc) is 2.21. The Bertz CT molecular complexity index is 350. The molecule has 0 spiro atoms. The maximum Gasteiger partial charge on any atom is 0.220 e. The summed E-state index contributed by atoms with van der Waals surface area (Å²) in [5.41, 5.74) is 5.45. The van der Waals surface area contributed by atoms with E-state index in [0.29, 0.717) is 18.9 Å². The molecule has 17 heavy (non-hydrogen) atoms. The molecule has 0 aromatic rings. The van der Waals surface area contributed by atoms with Crippen molar-refractivity contribution in [1.29, 1.82) is 0 Å².